The van der Waals surface area contributed by atoms with Crippen LogP contribution in [0.3, 0.4) is 0 Å². The Morgan fingerprint density at radius 2 is 2.27 bits per heavy atom. The number of hydrogen-bond acceptors (Lipinski definition) is 5. The number of unbranched alkanes of at least 4 members (excludes halogenated alkanes) is 1. The van der Waals surface area contributed by atoms with Crippen molar-refractivity contribution >= 4 is 28.3 Å². The minimum atomic E-state index is -0.350. The lowest BCUT2D eigenvalue weighted by Gasteiger charge is -2.22. The van der Waals surface area contributed by atoms with Crippen LogP contribution in [0, 0.1) is 17.0 Å². The third-order valence-electron chi connectivity index (χ3n) is 3.38. The number of nitrogens with zero attached hydrogens (tertiary/aromatic N) is 4. The average Bonchev–Trinajstić information content (AvgIpc) is 2.49. The van der Waals surface area contributed by atoms with E-state index < -0.39 is 0 Å². The van der Waals surface area contributed by atoms with Crippen LogP contribution in [-0.4, -0.2) is 40.2 Å². The number of aliphatic imine (C=N–C) groups is 1. The molecular formula is C15H20N4O2S. The molecule has 0 spiro atoms. The van der Waals surface area contributed by atoms with E-state index in [2.05, 4.69) is 17.0 Å². The molecule has 1 aromatic rings. The molecule has 0 saturated carbocycles. The molecule has 1 aliphatic rings. The molecule has 0 aliphatic carbocycles. The normalized spacial score (nSPS) is 16.8. The molecule has 0 amide bonds. The monoisotopic (exact) mass is 320 g/mol. The molecule has 1 aromatic carbocycles. The van der Waals surface area contributed by atoms with Gasteiger partial charge in [0.1, 0.15) is 0 Å². The number of hydrazone groups is 1. The first-order chi connectivity index (χ1) is 10.5. The molecule has 22 heavy (non-hydrogen) atoms. The van der Waals surface area contributed by atoms with Crippen molar-refractivity contribution in [1.82, 2.24) is 5.01 Å². The minimum absolute atomic E-state index is 0.135. The third-order valence-corrected chi connectivity index (χ3v) is 4.45. The van der Waals surface area contributed by atoms with Crippen LogP contribution < -0.4 is 0 Å². The largest absolute Gasteiger partial charge is 0.272 e. The fraction of sp³-hybridized carbons (Fsp3) is 0.467. The summed E-state index contributed by atoms with van der Waals surface area (Å²) in [6, 6.07) is 5.25. The lowest BCUT2D eigenvalue weighted by molar-refractivity contribution is -0.385. The van der Waals surface area contributed by atoms with Gasteiger partial charge < -0.3 is 0 Å². The molecule has 0 aromatic heterocycles. The van der Waals surface area contributed by atoms with E-state index in [0.29, 0.717) is 11.3 Å². The maximum Gasteiger partial charge on any atom is 0.272 e. The van der Waals surface area contributed by atoms with Crippen LogP contribution >= 0.6 is 11.8 Å². The van der Waals surface area contributed by atoms with Gasteiger partial charge in [-0.2, -0.15) is 5.10 Å². The van der Waals surface area contributed by atoms with Crippen LogP contribution in [-0.2, 0) is 0 Å². The average molecular weight is 320 g/mol. The molecule has 0 radical (unpaired) electrons. The van der Waals surface area contributed by atoms with Crippen molar-refractivity contribution in [2.45, 2.75) is 26.7 Å². The number of hydrogen-bond donors (Lipinski definition) is 0. The van der Waals surface area contributed by atoms with Crippen LogP contribution in [0.15, 0.2) is 28.3 Å². The highest BCUT2D eigenvalue weighted by molar-refractivity contribution is 8.14. The molecule has 7 heteroatoms. The predicted molar refractivity (Wildman–Crippen MR) is 91.8 cm³/mol. The fourth-order valence-corrected chi connectivity index (χ4v) is 2.99. The number of nitro groups is 1. The first kappa shape index (κ1) is 16.5. The van der Waals surface area contributed by atoms with E-state index in [0.717, 1.165) is 35.8 Å². The second kappa shape index (κ2) is 7.40. The Morgan fingerprint density at radius 3 is 2.91 bits per heavy atom. The number of rotatable bonds is 5. The highest BCUT2D eigenvalue weighted by Crippen LogP contribution is 2.23. The minimum Gasteiger partial charge on any atom is -0.261 e. The van der Waals surface area contributed by atoms with Gasteiger partial charge in [0, 0.05) is 36.5 Å². The summed E-state index contributed by atoms with van der Waals surface area (Å²) in [7, 11) is 1.86. The Kier molecular flexibility index (Phi) is 5.54. The summed E-state index contributed by atoms with van der Waals surface area (Å²) in [4.78, 5) is 15.2. The Balaban J connectivity index is 2.21. The summed E-state index contributed by atoms with van der Waals surface area (Å²) < 4.78 is 0. The van der Waals surface area contributed by atoms with E-state index in [-0.39, 0.29) is 10.6 Å². The van der Waals surface area contributed by atoms with Gasteiger partial charge in [-0.25, -0.2) is 5.01 Å². The van der Waals surface area contributed by atoms with Crippen LogP contribution in [0.1, 0.15) is 30.9 Å². The van der Waals surface area contributed by atoms with Crippen molar-refractivity contribution in [3.63, 3.8) is 0 Å². The zero-order valence-electron chi connectivity index (χ0n) is 13.1. The Hall–Kier alpha value is -1.89. The summed E-state index contributed by atoms with van der Waals surface area (Å²) in [6.07, 6.45) is 2.19. The highest BCUT2D eigenvalue weighted by atomic mass is 32.2. The van der Waals surface area contributed by atoms with Gasteiger partial charge in [0.15, 0.2) is 5.17 Å². The first-order valence-electron chi connectivity index (χ1n) is 7.26. The Morgan fingerprint density at radius 1 is 1.50 bits per heavy atom. The lowest BCUT2D eigenvalue weighted by atomic mass is 10.1. The second-order valence-corrected chi connectivity index (χ2v) is 6.08. The van der Waals surface area contributed by atoms with Gasteiger partial charge in [-0.05, 0) is 13.3 Å². The van der Waals surface area contributed by atoms with Gasteiger partial charge in [-0.1, -0.05) is 37.2 Å². The highest BCUT2D eigenvalue weighted by Gasteiger charge is 2.20. The maximum atomic E-state index is 11.1. The molecular weight excluding hydrogens is 300 g/mol. The Bertz CT molecular complexity index is 628. The van der Waals surface area contributed by atoms with E-state index in [1.54, 1.807) is 35.8 Å². The van der Waals surface area contributed by atoms with Gasteiger partial charge in [-0.15, -0.1) is 0 Å². The number of nitro benzene ring substituents is 1. The van der Waals surface area contributed by atoms with Crippen molar-refractivity contribution in [3.05, 3.63) is 39.4 Å². The molecule has 0 saturated heterocycles. The van der Waals surface area contributed by atoms with Crippen LogP contribution in [0.25, 0.3) is 0 Å². The van der Waals surface area contributed by atoms with E-state index in [9.17, 15) is 10.1 Å². The van der Waals surface area contributed by atoms with E-state index >= 15 is 0 Å². The van der Waals surface area contributed by atoms with Gasteiger partial charge in [0.2, 0.25) is 0 Å². The van der Waals surface area contributed by atoms with Crippen LogP contribution in [0.2, 0.25) is 0 Å². The number of benzene rings is 1. The quantitative estimate of drug-likeness (QED) is 0.473. The van der Waals surface area contributed by atoms with E-state index in [4.69, 9.17) is 0 Å². The summed E-state index contributed by atoms with van der Waals surface area (Å²) >= 11 is 1.62. The zero-order chi connectivity index (χ0) is 16.1. The number of amidine groups is 1. The molecule has 6 nitrogen and oxygen atoms in total. The van der Waals surface area contributed by atoms with Gasteiger partial charge in [0.05, 0.1) is 10.6 Å². The molecule has 1 aliphatic heterocycles. The topological polar surface area (TPSA) is 71.1 Å². The summed E-state index contributed by atoms with van der Waals surface area (Å²) in [5.74, 6) is 0.676. The Labute approximate surface area is 134 Å². The summed E-state index contributed by atoms with van der Waals surface area (Å²) in [5.41, 5.74) is 2.43. The van der Waals surface area contributed by atoms with Crippen LogP contribution in [0.4, 0.5) is 5.69 Å². The van der Waals surface area contributed by atoms with Gasteiger partial charge in [-0.3, -0.25) is 15.1 Å². The predicted octanol–water partition coefficient (Wildman–Crippen LogP) is 3.44. The molecule has 0 atom stereocenters. The van der Waals surface area contributed by atoms with Gasteiger partial charge >= 0.3 is 0 Å². The van der Waals surface area contributed by atoms with Crippen molar-refractivity contribution in [3.8, 4) is 0 Å². The lowest BCUT2D eigenvalue weighted by Crippen LogP contribution is -2.28. The van der Waals surface area contributed by atoms with Crippen molar-refractivity contribution in [2.75, 3.05) is 19.3 Å². The van der Waals surface area contributed by atoms with E-state index in [1.807, 2.05) is 13.1 Å². The molecule has 2 rings (SSSR count). The zero-order valence-corrected chi connectivity index (χ0v) is 13.9. The third kappa shape index (κ3) is 3.85. The second-order valence-electron chi connectivity index (χ2n) is 5.14. The number of thioether (sulfide) groups is 1. The molecule has 0 unspecified atom stereocenters. The van der Waals surface area contributed by atoms with Crippen molar-refractivity contribution in [1.29, 1.82) is 0 Å². The van der Waals surface area contributed by atoms with Gasteiger partial charge in [0.25, 0.3) is 5.69 Å². The molecule has 0 bridgehead atoms. The first-order valence-corrected chi connectivity index (χ1v) is 8.25. The number of aryl methyl sites for hydroxylation is 1. The summed E-state index contributed by atoms with van der Waals surface area (Å²) in [5, 5.41) is 18.2. The molecule has 0 fully saturated rings. The van der Waals surface area contributed by atoms with Crippen molar-refractivity contribution in [2.24, 2.45) is 10.1 Å². The van der Waals surface area contributed by atoms with Crippen molar-refractivity contribution < 1.29 is 4.92 Å². The van der Waals surface area contributed by atoms with Crippen LogP contribution in [0.5, 0.6) is 0 Å². The maximum absolute atomic E-state index is 11.1. The molecule has 1 heterocycles. The molecule has 118 valence electrons. The summed E-state index contributed by atoms with van der Waals surface area (Å²) in [6.45, 7) is 4.69. The van der Waals surface area contributed by atoms with E-state index in [1.165, 1.54) is 0 Å². The smallest absolute Gasteiger partial charge is 0.261 e. The standard InChI is InChI=1S/C15H20N4O2S/c1-4-5-8-16-15-18(3)17-13(10-22-15)12-7-6-11(2)14(9-12)19(20)21/h6-7,9H,4-5,8,10H2,1-3H3. The fourth-order valence-electron chi connectivity index (χ4n) is 2.09. The molecule has 0 N–H and O–H groups in total. The SMILES string of the molecule is CCCCN=C1SCC(c2ccc(C)c([N+](=O)[O-])c2)=NN1C.